The van der Waals surface area contributed by atoms with Crippen LogP contribution in [0, 0.1) is 0 Å². The third-order valence-corrected chi connectivity index (χ3v) is 4.00. The summed E-state index contributed by atoms with van der Waals surface area (Å²) in [6, 6.07) is 8.28. The molecule has 2 rings (SSSR count). The Bertz CT molecular complexity index is 549. The number of nitrogens with one attached hydrogen (secondary N) is 1. The molecule has 1 aromatic carbocycles. The van der Waals surface area contributed by atoms with Gasteiger partial charge in [0.05, 0.1) is 16.4 Å². The highest BCUT2D eigenvalue weighted by Gasteiger charge is 2.12. The molecule has 3 nitrogen and oxygen atoms in total. The van der Waals surface area contributed by atoms with Gasteiger partial charge in [-0.15, -0.1) is 0 Å². The first-order valence-electron chi connectivity index (χ1n) is 6.27. The molecule has 0 aliphatic heterocycles. The third-order valence-electron chi connectivity index (χ3n) is 3.04. The summed E-state index contributed by atoms with van der Waals surface area (Å²) in [7, 11) is 1.93. The predicted octanol–water partition coefficient (Wildman–Crippen LogP) is 3.69. The van der Waals surface area contributed by atoms with Crippen molar-refractivity contribution in [3.8, 4) is 0 Å². The maximum Gasteiger partial charge on any atom is 0.0863 e. The van der Waals surface area contributed by atoms with Crippen LogP contribution in [0.3, 0.4) is 0 Å². The molecule has 0 atom stereocenters. The van der Waals surface area contributed by atoms with E-state index in [9.17, 15) is 0 Å². The average Bonchev–Trinajstić information content (AvgIpc) is 2.68. The number of nitrogens with zero attached hydrogens (tertiary/aromatic N) is 2. The van der Waals surface area contributed by atoms with Crippen molar-refractivity contribution < 1.29 is 0 Å². The minimum atomic E-state index is 0.721. The second kappa shape index (κ2) is 6.55. The van der Waals surface area contributed by atoms with Gasteiger partial charge in [-0.05, 0) is 24.1 Å². The summed E-state index contributed by atoms with van der Waals surface area (Å²) >= 11 is 9.73. The van der Waals surface area contributed by atoms with Crippen molar-refractivity contribution in [2.45, 2.75) is 26.4 Å². The number of halogens is 2. The Balaban J connectivity index is 1.96. The van der Waals surface area contributed by atoms with Gasteiger partial charge in [-0.2, -0.15) is 5.10 Å². The normalized spacial score (nSPS) is 10.9. The first-order chi connectivity index (χ1) is 9.11. The van der Waals surface area contributed by atoms with Crippen molar-refractivity contribution in [3.63, 3.8) is 0 Å². The molecule has 1 heterocycles. The van der Waals surface area contributed by atoms with Crippen LogP contribution in [0.4, 0.5) is 0 Å². The molecule has 0 saturated heterocycles. The van der Waals surface area contributed by atoms with Gasteiger partial charge in [-0.1, -0.05) is 46.6 Å². The molecule has 102 valence electrons. The van der Waals surface area contributed by atoms with Crippen molar-refractivity contribution >= 4 is 27.5 Å². The van der Waals surface area contributed by atoms with Gasteiger partial charge in [-0.3, -0.25) is 4.68 Å². The standard InChI is InChI=1S/C14H17BrClN3/c1-3-12-14(16)13(19(2)18-12)9-17-8-10-4-6-11(15)7-5-10/h4-7,17H,3,8-9H2,1-2H3. The quantitative estimate of drug-likeness (QED) is 0.898. The Kier molecular flexibility index (Phi) is 5.02. The largest absolute Gasteiger partial charge is 0.307 e. The van der Waals surface area contributed by atoms with Crippen molar-refractivity contribution in [3.05, 3.63) is 50.7 Å². The van der Waals surface area contributed by atoms with Gasteiger partial charge in [0.2, 0.25) is 0 Å². The molecule has 0 amide bonds. The van der Waals surface area contributed by atoms with Gasteiger partial charge in [0.25, 0.3) is 0 Å². The Morgan fingerprint density at radius 2 is 1.95 bits per heavy atom. The van der Waals surface area contributed by atoms with E-state index < -0.39 is 0 Å². The maximum absolute atomic E-state index is 6.30. The SMILES string of the molecule is CCc1nn(C)c(CNCc2ccc(Br)cc2)c1Cl. The van der Waals surface area contributed by atoms with Crippen molar-refractivity contribution in [1.82, 2.24) is 15.1 Å². The predicted molar refractivity (Wildman–Crippen MR) is 82.3 cm³/mol. The first-order valence-corrected chi connectivity index (χ1v) is 7.44. The number of aromatic nitrogens is 2. The number of hydrogen-bond donors (Lipinski definition) is 1. The van der Waals surface area contributed by atoms with E-state index in [1.165, 1.54) is 5.56 Å². The fraction of sp³-hybridized carbons (Fsp3) is 0.357. The Morgan fingerprint density at radius 1 is 1.26 bits per heavy atom. The summed E-state index contributed by atoms with van der Waals surface area (Å²) in [4.78, 5) is 0. The van der Waals surface area contributed by atoms with E-state index in [1.54, 1.807) is 0 Å². The number of benzene rings is 1. The highest BCUT2D eigenvalue weighted by atomic mass is 79.9. The average molecular weight is 343 g/mol. The van der Waals surface area contributed by atoms with E-state index in [1.807, 2.05) is 23.9 Å². The third kappa shape index (κ3) is 3.59. The summed E-state index contributed by atoms with van der Waals surface area (Å²) < 4.78 is 2.95. The molecule has 0 spiro atoms. The molecule has 19 heavy (non-hydrogen) atoms. The van der Waals surface area contributed by atoms with Gasteiger partial charge in [0.1, 0.15) is 0 Å². The molecular weight excluding hydrogens is 326 g/mol. The fourth-order valence-electron chi connectivity index (χ4n) is 1.94. The Morgan fingerprint density at radius 3 is 2.53 bits per heavy atom. The lowest BCUT2D eigenvalue weighted by Gasteiger charge is -2.06. The molecule has 1 N–H and O–H groups in total. The van der Waals surface area contributed by atoms with Crippen LogP contribution in [-0.2, 0) is 26.6 Å². The smallest absolute Gasteiger partial charge is 0.0863 e. The summed E-state index contributed by atoms with van der Waals surface area (Å²) in [5, 5.41) is 8.59. The molecule has 0 radical (unpaired) electrons. The molecular formula is C14H17BrClN3. The number of rotatable bonds is 5. The zero-order valence-electron chi connectivity index (χ0n) is 11.1. The lowest BCUT2D eigenvalue weighted by molar-refractivity contribution is 0.623. The van der Waals surface area contributed by atoms with Gasteiger partial charge < -0.3 is 5.32 Å². The van der Waals surface area contributed by atoms with E-state index in [0.29, 0.717) is 0 Å². The number of hydrogen-bond acceptors (Lipinski definition) is 2. The van der Waals surface area contributed by atoms with Gasteiger partial charge in [0.15, 0.2) is 0 Å². The van der Waals surface area contributed by atoms with E-state index in [4.69, 9.17) is 11.6 Å². The van der Waals surface area contributed by atoms with Crippen LogP contribution in [-0.4, -0.2) is 9.78 Å². The lowest BCUT2D eigenvalue weighted by Crippen LogP contribution is -2.15. The van der Waals surface area contributed by atoms with E-state index in [2.05, 4.69) is 45.4 Å². The minimum Gasteiger partial charge on any atom is -0.307 e. The maximum atomic E-state index is 6.30. The van der Waals surface area contributed by atoms with Crippen LogP contribution >= 0.6 is 27.5 Å². The molecule has 0 fully saturated rings. The summed E-state index contributed by atoms with van der Waals surface area (Å²) in [5.74, 6) is 0. The summed E-state index contributed by atoms with van der Waals surface area (Å²) in [6.45, 7) is 3.60. The van der Waals surface area contributed by atoms with Crippen molar-refractivity contribution in [1.29, 1.82) is 0 Å². The molecule has 0 saturated carbocycles. The fourth-order valence-corrected chi connectivity index (χ4v) is 2.56. The second-order valence-electron chi connectivity index (χ2n) is 4.41. The van der Waals surface area contributed by atoms with Gasteiger partial charge in [0, 0.05) is 24.6 Å². The van der Waals surface area contributed by atoms with Crippen LogP contribution in [0.25, 0.3) is 0 Å². The van der Waals surface area contributed by atoms with Crippen LogP contribution < -0.4 is 5.32 Å². The highest BCUT2D eigenvalue weighted by Crippen LogP contribution is 2.20. The molecule has 0 unspecified atom stereocenters. The summed E-state index contributed by atoms with van der Waals surface area (Å²) in [6.07, 6.45) is 0.861. The van der Waals surface area contributed by atoms with Crippen LogP contribution in [0.5, 0.6) is 0 Å². The second-order valence-corrected chi connectivity index (χ2v) is 5.71. The van der Waals surface area contributed by atoms with Gasteiger partial charge >= 0.3 is 0 Å². The topological polar surface area (TPSA) is 29.9 Å². The van der Waals surface area contributed by atoms with Gasteiger partial charge in [-0.25, -0.2) is 0 Å². The van der Waals surface area contributed by atoms with Crippen LogP contribution in [0.2, 0.25) is 5.02 Å². The molecule has 1 aromatic heterocycles. The Hall–Kier alpha value is -0.840. The molecule has 5 heteroatoms. The van der Waals surface area contributed by atoms with Crippen LogP contribution in [0.15, 0.2) is 28.7 Å². The first kappa shape index (κ1) is 14.6. The summed E-state index contributed by atoms with van der Waals surface area (Å²) in [5.41, 5.74) is 3.25. The van der Waals surface area contributed by atoms with Crippen LogP contribution in [0.1, 0.15) is 23.9 Å². The molecule has 0 aliphatic rings. The van der Waals surface area contributed by atoms with E-state index >= 15 is 0 Å². The molecule has 0 aliphatic carbocycles. The van der Waals surface area contributed by atoms with Crippen molar-refractivity contribution in [2.24, 2.45) is 7.05 Å². The highest BCUT2D eigenvalue weighted by molar-refractivity contribution is 9.10. The van der Waals surface area contributed by atoms with Crippen molar-refractivity contribution in [2.75, 3.05) is 0 Å². The van der Waals surface area contributed by atoms with E-state index in [0.717, 1.165) is 40.4 Å². The number of aryl methyl sites for hydroxylation is 2. The lowest BCUT2D eigenvalue weighted by atomic mass is 10.2. The van der Waals surface area contributed by atoms with E-state index in [-0.39, 0.29) is 0 Å². The molecule has 2 aromatic rings. The zero-order chi connectivity index (χ0) is 13.8. The molecule has 0 bridgehead atoms. The Labute approximate surface area is 127 Å². The monoisotopic (exact) mass is 341 g/mol. The zero-order valence-corrected chi connectivity index (χ0v) is 13.4. The minimum absolute atomic E-state index is 0.721.